The number of benzene rings is 6. The lowest BCUT2D eigenvalue weighted by molar-refractivity contribution is 0.204. The monoisotopic (exact) mass is 619 g/mol. The summed E-state index contributed by atoms with van der Waals surface area (Å²) in [4.78, 5) is 0. The zero-order chi connectivity index (χ0) is 32.0. The lowest BCUT2D eigenvalue weighted by atomic mass is 9.93. The first-order valence-electron chi connectivity index (χ1n) is 16.9. The molecule has 3 nitrogen and oxygen atoms in total. The summed E-state index contributed by atoms with van der Waals surface area (Å²) in [7, 11) is 0. The molecule has 48 heavy (non-hydrogen) atoms. The number of hydrogen-bond donors (Lipinski definition) is 3. The van der Waals surface area contributed by atoms with Crippen molar-refractivity contribution in [3.63, 3.8) is 0 Å². The summed E-state index contributed by atoms with van der Waals surface area (Å²) < 4.78 is 0. The molecule has 0 radical (unpaired) electrons. The molecule has 0 saturated carbocycles. The van der Waals surface area contributed by atoms with Crippen LogP contribution in [0.25, 0.3) is 38.7 Å². The lowest BCUT2D eigenvalue weighted by Gasteiger charge is -2.40. The van der Waals surface area contributed by atoms with Gasteiger partial charge in [-0.3, -0.25) is 16.0 Å². The molecule has 3 heteroatoms. The van der Waals surface area contributed by atoms with Crippen molar-refractivity contribution in [2.45, 2.75) is 31.3 Å². The highest BCUT2D eigenvalue weighted by atomic mass is 15.4. The van der Waals surface area contributed by atoms with Gasteiger partial charge >= 0.3 is 0 Å². The van der Waals surface area contributed by atoms with Crippen molar-refractivity contribution in [1.82, 2.24) is 16.0 Å². The fraction of sp³-hybridized carbons (Fsp3) is 0.111. The molecule has 1 fully saturated rings. The molecule has 1 aliphatic heterocycles. The maximum Gasteiger partial charge on any atom is 0.0870 e. The smallest absolute Gasteiger partial charge is 0.0870 e. The molecule has 1 heterocycles. The molecule has 0 aromatic heterocycles. The Labute approximate surface area is 282 Å². The molecule has 3 aliphatic rings. The molecule has 232 valence electrons. The van der Waals surface area contributed by atoms with Gasteiger partial charge in [0, 0.05) is 0 Å². The molecule has 0 spiro atoms. The second-order valence-corrected chi connectivity index (χ2v) is 13.1. The minimum absolute atomic E-state index is 0.0636. The highest BCUT2D eigenvalue weighted by molar-refractivity contribution is 5.93. The first-order valence-corrected chi connectivity index (χ1v) is 16.9. The molecule has 6 aromatic carbocycles. The molecule has 6 aromatic rings. The van der Waals surface area contributed by atoms with Gasteiger partial charge in [-0.25, -0.2) is 0 Å². The minimum atomic E-state index is -0.0817. The van der Waals surface area contributed by atoms with E-state index >= 15 is 0 Å². The third kappa shape index (κ3) is 5.23. The SMILES string of the molecule is C=C1C=Cc2c(ccc3cc(C4NC(c5ccc6ccccc6c5)NC(c5cccc6c5-c5ccccc5C6)N4)ccc23)C/C=C\C=C/1. The Morgan fingerprint density at radius 2 is 1.27 bits per heavy atom. The molecule has 3 N–H and O–H groups in total. The van der Waals surface area contributed by atoms with Crippen LogP contribution in [0.2, 0.25) is 0 Å². The van der Waals surface area contributed by atoms with E-state index in [1.54, 1.807) is 0 Å². The van der Waals surface area contributed by atoms with Gasteiger partial charge in [-0.2, -0.15) is 0 Å². The molecule has 3 unspecified atom stereocenters. The van der Waals surface area contributed by atoms with Crippen molar-refractivity contribution >= 4 is 27.6 Å². The van der Waals surface area contributed by atoms with Crippen LogP contribution < -0.4 is 16.0 Å². The normalized spacial score (nSPS) is 21.4. The largest absolute Gasteiger partial charge is 0.279 e. The summed E-state index contributed by atoms with van der Waals surface area (Å²) in [6.45, 7) is 4.20. The average Bonchev–Trinajstić information content (AvgIpc) is 3.52. The van der Waals surface area contributed by atoms with Crippen LogP contribution in [0.3, 0.4) is 0 Å². The highest BCUT2D eigenvalue weighted by Gasteiger charge is 2.33. The number of nitrogens with one attached hydrogen (secondary N) is 3. The van der Waals surface area contributed by atoms with Crippen molar-refractivity contribution in [1.29, 1.82) is 0 Å². The lowest BCUT2D eigenvalue weighted by Crippen LogP contribution is -2.54. The summed E-state index contributed by atoms with van der Waals surface area (Å²) in [5.41, 5.74) is 12.8. The Bertz CT molecular complexity index is 2320. The molecule has 0 bridgehead atoms. The third-order valence-corrected chi connectivity index (χ3v) is 10.1. The van der Waals surface area contributed by atoms with Crippen molar-refractivity contribution in [3.8, 4) is 11.1 Å². The maximum atomic E-state index is 4.20. The molecule has 0 amide bonds. The van der Waals surface area contributed by atoms with Crippen LogP contribution in [0.5, 0.6) is 0 Å². The summed E-state index contributed by atoms with van der Waals surface area (Å²) >= 11 is 0. The van der Waals surface area contributed by atoms with Gasteiger partial charge in [0.05, 0.1) is 18.5 Å². The van der Waals surface area contributed by atoms with E-state index in [4.69, 9.17) is 0 Å². The molecule has 3 atom stereocenters. The van der Waals surface area contributed by atoms with Crippen LogP contribution in [-0.4, -0.2) is 0 Å². The van der Waals surface area contributed by atoms with Gasteiger partial charge in [0.25, 0.3) is 0 Å². The summed E-state index contributed by atoms with van der Waals surface area (Å²) in [5.74, 6) is 0. The minimum Gasteiger partial charge on any atom is -0.279 e. The Morgan fingerprint density at radius 1 is 0.542 bits per heavy atom. The van der Waals surface area contributed by atoms with E-state index in [1.165, 1.54) is 71.6 Å². The fourth-order valence-electron chi connectivity index (χ4n) is 7.73. The van der Waals surface area contributed by atoms with E-state index in [2.05, 4.69) is 174 Å². The third-order valence-electron chi connectivity index (χ3n) is 10.1. The van der Waals surface area contributed by atoms with E-state index in [0.717, 1.165) is 18.4 Å². The zero-order valence-electron chi connectivity index (χ0n) is 26.8. The first kappa shape index (κ1) is 28.9. The molecular formula is C45H37N3. The number of rotatable bonds is 3. The van der Waals surface area contributed by atoms with Gasteiger partial charge in [-0.15, -0.1) is 0 Å². The highest BCUT2D eigenvalue weighted by Crippen LogP contribution is 2.42. The Morgan fingerprint density at radius 3 is 2.17 bits per heavy atom. The van der Waals surface area contributed by atoms with E-state index in [0.29, 0.717) is 0 Å². The van der Waals surface area contributed by atoms with Crippen LogP contribution in [0, 0.1) is 0 Å². The molecule has 1 saturated heterocycles. The van der Waals surface area contributed by atoms with Crippen molar-refractivity contribution in [2.24, 2.45) is 0 Å². The quantitative estimate of drug-likeness (QED) is 0.184. The van der Waals surface area contributed by atoms with Crippen molar-refractivity contribution < 1.29 is 0 Å². The number of fused-ring (bicyclic) bond motifs is 7. The predicted octanol–water partition coefficient (Wildman–Crippen LogP) is 9.98. The van der Waals surface area contributed by atoms with Gasteiger partial charge in [0.15, 0.2) is 0 Å². The molecular weight excluding hydrogens is 583 g/mol. The zero-order valence-corrected chi connectivity index (χ0v) is 26.8. The van der Waals surface area contributed by atoms with Gasteiger partial charge in [-0.05, 0) is 102 Å². The van der Waals surface area contributed by atoms with Crippen LogP contribution in [0.15, 0.2) is 158 Å². The fourth-order valence-corrected chi connectivity index (χ4v) is 7.73. The topological polar surface area (TPSA) is 36.1 Å². The van der Waals surface area contributed by atoms with Crippen LogP contribution >= 0.6 is 0 Å². The van der Waals surface area contributed by atoms with Crippen molar-refractivity contribution in [3.05, 3.63) is 197 Å². The first-order chi connectivity index (χ1) is 23.7. The van der Waals surface area contributed by atoms with E-state index in [1.807, 2.05) is 0 Å². The standard InChI is InChI=1S/C45H37N3/c1-29-10-3-2-4-12-31-20-21-34-28-37(23-25-39(34)38(31)24-18-29)44-46-43(36-22-19-30-11-5-6-13-32(30)26-36)47-45(48-44)41-17-9-15-35-27-33-14-7-8-16-40(33)42(35)41/h2-11,13-26,28,43-48H,1,12,27H2/b4-2-,10-3-,24-18?. The Kier molecular flexibility index (Phi) is 7.24. The van der Waals surface area contributed by atoms with Crippen LogP contribution in [0.1, 0.15) is 57.4 Å². The Hall–Kier alpha value is -5.32. The maximum absolute atomic E-state index is 4.20. The van der Waals surface area contributed by atoms with E-state index in [9.17, 15) is 0 Å². The van der Waals surface area contributed by atoms with Crippen molar-refractivity contribution in [2.75, 3.05) is 0 Å². The summed E-state index contributed by atoms with van der Waals surface area (Å²) in [6, 6.07) is 42.5. The second-order valence-electron chi connectivity index (χ2n) is 13.1. The van der Waals surface area contributed by atoms with Gasteiger partial charge in [0.2, 0.25) is 0 Å². The summed E-state index contributed by atoms with van der Waals surface area (Å²) in [6.07, 6.45) is 14.4. The predicted molar refractivity (Wildman–Crippen MR) is 200 cm³/mol. The average molecular weight is 620 g/mol. The van der Waals surface area contributed by atoms with Crippen LogP contribution in [-0.2, 0) is 12.8 Å². The van der Waals surface area contributed by atoms with Crippen LogP contribution in [0.4, 0.5) is 0 Å². The molecule has 9 rings (SSSR count). The van der Waals surface area contributed by atoms with Gasteiger partial charge in [-0.1, -0.05) is 146 Å². The second kappa shape index (κ2) is 12.0. The number of hydrogen-bond acceptors (Lipinski definition) is 3. The van der Waals surface area contributed by atoms with E-state index < -0.39 is 0 Å². The van der Waals surface area contributed by atoms with E-state index in [-0.39, 0.29) is 18.5 Å². The Balaban J connectivity index is 1.13. The molecule has 2 aliphatic carbocycles. The summed E-state index contributed by atoms with van der Waals surface area (Å²) in [5, 5.41) is 16.9. The van der Waals surface area contributed by atoms with Gasteiger partial charge < -0.3 is 0 Å². The number of allylic oxidation sites excluding steroid dienone is 6. The van der Waals surface area contributed by atoms with Gasteiger partial charge in [0.1, 0.15) is 0 Å².